The van der Waals surface area contributed by atoms with Crippen LogP contribution in [0.4, 0.5) is 5.69 Å². The van der Waals surface area contributed by atoms with Gasteiger partial charge in [0.25, 0.3) is 0 Å². The third kappa shape index (κ3) is 2.70. The zero-order chi connectivity index (χ0) is 13.3. The van der Waals surface area contributed by atoms with Crippen LogP contribution in [0.15, 0.2) is 18.3 Å². The number of nitrogens with zero attached hydrogens (tertiary/aromatic N) is 2. The maximum absolute atomic E-state index is 11.9. The lowest BCUT2D eigenvalue weighted by atomic mass is 9.92. The monoisotopic (exact) mass is 247 g/mol. The molecule has 1 aromatic rings. The van der Waals surface area contributed by atoms with Gasteiger partial charge in [-0.2, -0.15) is 0 Å². The average molecular weight is 247 g/mol. The summed E-state index contributed by atoms with van der Waals surface area (Å²) in [5, 5.41) is 3.16. The van der Waals surface area contributed by atoms with Crippen molar-refractivity contribution in [3.8, 4) is 0 Å². The van der Waals surface area contributed by atoms with Crippen LogP contribution in [0.3, 0.4) is 0 Å². The molecule has 98 valence electrons. The quantitative estimate of drug-likeness (QED) is 0.821. The summed E-state index contributed by atoms with van der Waals surface area (Å²) in [6.45, 7) is 9.58. The van der Waals surface area contributed by atoms with Gasteiger partial charge >= 0.3 is 0 Å². The lowest BCUT2D eigenvalue weighted by Gasteiger charge is -2.31. The van der Waals surface area contributed by atoms with Crippen LogP contribution in [-0.4, -0.2) is 30.0 Å². The number of carbonyl (C=O) groups excluding carboxylic acids is 1. The highest BCUT2D eigenvalue weighted by Crippen LogP contribution is 2.23. The molecule has 1 aliphatic rings. The Balaban J connectivity index is 2.21. The Labute approximate surface area is 108 Å². The maximum Gasteiger partial charge on any atom is 0.241 e. The molecular formula is C14H21N3O. The molecule has 1 atom stereocenters. The molecule has 0 spiro atoms. The second-order valence-corrected chi connectivity index (χ2v) is 5.94. The van der Waals surface area contributed by atoms with Crippen molar-refractivity contribution in [3.05, 3.63) is 24.0 Å². The summed E-state index contributed by atoms with van der Waals surface area (Å²) in [7, 11) is 0. The summed E-state index contributed by atoms with van der Waals surface area (Å²) in [4.78, 5) is 18.1. The molecule has 1 saturated heterocycles. The van der Waals surface area contributed by atoms with Gasteiger partial charge in [0, 0.05) is 23.7 Å². The molecule has 0 saturated carbocycles. The fraction of sp³-hybridized carbons (Fsp3) is 0.571. The minimum atomic E-state index is 0.0410. The molecule has 1 fully saturated rings. The molecule has 1 N–H and O–H groups in total. The van der Waals surface area contributed by atoms with E-state index in [1.54, 1.807) is 11.1 Å². The van der Waals surface area contributed by atoms with E-state index in [4.69, 9.17) is 0 Å². The maximum atomic E-state index is 11.9. The first-order valence-electron chi connectivity index (χ1n) is 6.38. The van der Waals surface area contributed by atoms with Crippen LogP contribution in [-0.2, 0) is 10.2 Å². The van der Waals surface area contributed by atoms with Crippen LogP contribution in [0.2, 0.25) is 0 Å². The molecule has 2 heterocycles. The Morgan fingerprint density at radius 3 is 2.67 bits per heavy atom. The second kappa shape index (κ2) is 4.69. The molecule has 0 bridgehead atoms. The van der Waals surface area contributed by atoms with E-state index in [2.05, 4.69) is 38.0 Å². The lowest BCUT2D eigenvalue weighted by molar-refractivity contribution is -0.118. The first-order chi connectivity index (χ1) is 8.38. The third-order valence-corrected chi connectivity index (χ3v) is 3.19. The van der Waals surface area contributed by atoms with Crippen molar-refractivity contribution in [2.45, 2.75) is 39.2 Å². The van der Waals surface area contributed by atoms with E-state index in [-0.39, 0.29) is 11.3 Å². The number of carbonyl (C=O) groups is 1. The Morgan fingerprint density at radius 1 is 1.39 bits per heavy atom. The van der Waals surface area contributed by atoms with Gasteiger partial charge in [-0.25, -0.2) is 0 Å². The zero-order valence-corrected chi connectivity index (χ0v) is 11.5. The van der Waals surface area contributed by atoms with Crippen LogP contribution in [0, 0.1) is 0 Å². The molecule has 4 heteroatoms. The summed E-state index contributed by atoms with van der Waals surface area (Å²) in [6.07, 6.45) is 1.80. The molecule has 0 aromatic carbocycles. The minimum Gasteiger partial charge on any atom is -0.308 e. The predicted octanol–water partition coefficient (Wildman–Crippen LogP) is 1.70. The van der Waals surface area contributed by atoms with Crippen molar-refractivity contribution < 1.29 is 4.79 Å². The van der Waals surface area contributed by atoms with Gasteiger partial charge in [0.1, 0.15) is 0 Å². The fourth-order valence-electron chi connectivity index (χ4n) is 2.04. The van der Waals surface area contributed by atoms with Gasteiger partial charge in [-0.05, 0) is 19.1 Å². The standard InChI is InChI=1S/C14H21N3O/c1-10-9-17(13(18)8-15-10)11-5-6-12(16-7-11)14(2,3)4/h5-7,10,15H,8-9H2,1-4H3. The van der Waals surface area contributed by atoms with E-state index >= 15 is 0 Å². The Kier molecular flexibility index (Phi) is 3.39. The van der Waals surface area contributed by atoms with Gasteiger partial charge in [0.2, 0.25) is 5.91 Å². The molecule has 2 rings (SSSR count). The number of hydrogen-bond donors (Lipinski definition) is 1. The second-order valence-electron chi connectivity index (χ2n) is 5.94. The molecule has 1 aliphatic heterocycles. The van der Waals surface area contributed by atoms with Crippen molar-refractivity contribution in [2.75, 3.05) is 18.0 Å². The fourth-order valence-corrected chi connectivity index (χ4v) is 2.04. The summed E-state index contributed by atoms with van der Waals surface area (Å²) >= 11 is 0. The predicted molar refractivity (Wildman–Crippen MR) is 72.8 cm³/mol. The zero-order valence-electron chi connectivity index (χ0n) is 11.5. The number of piperazine rings is 1. The summed E-state index contributed by atoms with van der Waals surface area (Å²) in [5.74, 6) is 0.110. The van der Waals surface area contributed by atoms with E-state index < -0.39 is 0 Å². The SMILES string of the molecule is CC1CN(c2ccc(C(C)(C)C)nc2)C(=O)CN1. The number of anilines is 1. The molecule has 1 amide bonds. The van der Waals surface area contributed by atoms with E-state index in [9.17, 15) is 4.79 Å². The van der Waals surface area contributed by atoms with Gasteiger partial charge in [0.15, 0.2) is 0 Å². The number of rotatable bonds is 1. The normalized spacial score (nSPS) is 21.2. The van der Waals surface area contributed by atoms with Crippen molar-refractivity contribution in [2.24, 2.45) is 0 Å². The number of amides is 1. The smallest absolute Gasteiger partial charge is 0.241 e. The average Bonchev–Trinajstić information content (AvgIpc) is 2.31. The van der Waals surface area contributed by atoms with Crippen molar-refractivity contribution in [1.82, 2.24) is 10.3 Å². The van der Waals surface area contributed by atoms with E-state index in [1.165, 1.54) is 0 Å². The highest BCUT2D eigenvalue weighted by molar-refractivity contribution is 5.95. The van der Waals surface area contributed by atoms with Crippen molar-refractivity contribution >= 4 is 11.6 Å². The van der Waals surface area contributed by atoms with Gasteiger partial charge in [-0.15, -0.1) is 0 Å². The topological polar surface area (TPSA) is 45.2 Å². The van der Waals surface area contributed by atoms with E-state index in [1.807, 2.05) is 12.1 Å². The Bertz CT molecular complexity index is 433. The number of nitrogens with one attached hydrogen (secondary N) is 1. The molecule has 1 aromatic heterocycles. The molecule has 0 radical (unpaired) electrons. The highest BCUT2D eigenvalue weighted by atomic mass is 16.2. The van der Waals surface area contributed by atoms with E-state index in [0.717, 1.165) is 11.4 Å². The minimum absolute atomic E-state index is 0.0410. The molecule has 0 aliphatic carbocycles. The third-order valence-electron chi connectivity index (χ3n) is 3.19. The molecule has 1 unspecified atom stereocenters. The van der Waals surface area contributed by atoms with Gasteiger partial charge in [0.05, 0.1) is 18.4 Å². The number of aromatic nitrogens is 1. The first-order valence-corrected chi connectivity index (χ1v) is 6.38. The summed E-state index contributed by atoms with van der Waals surface area (Å²) in [6, 6.07) is 4.32. The van der Waals surface area contributed by atoms with Crippen molar-refractivity contribution in [3.63, 3.8) is 0 Å². The van der Waals surface area contributed by atoms with Crippen LogP contribution in [0.5, 0.6) is 0 Å². The number of hydrogen-bond acceptors (Lipinski definition) is 3. The molecule has 4 nitrogen and oxygen atoms in total. The van der Waals surface area contributed by atoms with Gasteiger partial charge in [-0.1, -0.05) is 20.8 Å². The van der Waals surface area contributed by atoms with Gasteiger partial charge < -0.3 is 10.2 Å². The highest BCUT2D eigenvalue weighted by Gasteiger charge is 2.24. The largest absolute Gasteiger partial charge is 0.308 e. The summed E-state index contributed by atoms with van der Waals surface area (Å²) in [5.41, 5.74) is 1.97. The van der Waals surface area contributed by atoms with Crippen LogP contribution < -0.4 is 10.2 Å². The first kappa shape index (κ1) is 13.0. The lowest BCUT2D eigenvalue weighted by Crippen LogP contribution is -2.53. The van der Waals surface area contributed by atoms with Crippen LogP contribution in [0.1, 0.15) is 33.4 Å². The van der Waals surface area contributed by atoms with Crippen LogP contribution >= 0.6 is 0 Å². The van der Waals surface area contributed by atoms with Crippen molar-refractivity contribution in [1.29, 1.82) is 0 Å². The Hall–Kier alpha value is -1.42. The molecular weight excluding hydrogens is 226 g/mol. The summed E-state index contributed by atoms with van der Waals surface area (Å²) < 4.78 is 0. The van der Waals surface area contributed by atoms with Crippen LogP contribution in [0.25, 0.3) is 0 Å². The van der Waals surface area contributed by atoms with Gasteiger partial charge in [-0.3, -0.25) is 9.78 Å². The Morgan fingerprint density at radius 2 is 2.11 bits per heavy atom. The van der Waals surface area contributed by atoms with E-state index in [0.29, 0.717) is 19.1 Å². The number of pyridine rings is 1. The molecule has 18 heavy (non-hydrogen) atoms.